The number of carbonyl (C=O) groups is 2. The minimum atomic E-state index is -0.969. The van der Waals surface area contributed by atoms with Crippen molar-refractivity contribution in [1.82, 2.24) is 10.2 Å². The minimum absolute atomic E-state index is 0.0481. The number of fused-ring (bicyclic) bond motifs is 2. The lowest BCUT2D eigenvalue weighted by atomic mass is 9.93. The molecule has 2 heterocycles. The predicted molar refractivity (Wildman–Crippen MR) is 117 cm³/mol. The molecule has 6 heteroatoms. The summed E-state index contributed by atoms with van der Waals surface area (Å²) in [7, 11) is 0. The Morgan fingerprint density at radius 1 is 1.03 bits per heavy atom. The number of hydrogen-bond donors (Lipinski definition) is 1. The fraction of sp³-hybridized carbons (Fsp3) is 0.320. The Morgan fingerprint density at radius 3 is 2.55 bits per heavy atom. The molecule has 1 N–H and O–H groups in total. The van der Waals surface area contributed by atoms with Gasteiger partial charge in [-0.25, -0.2) is 9.59 Å². The van der Waals surface area contributed by atoms with Gasteiger partial charge in [-0.3, -0.25) is 9.69 Å². The van der Waals surface area contributed by atoms with Gasteiger partial charge in [0.05, 0.1) is 6.54 Å². The first-order valence-electron chi connectivity index (χ1n) is 10.7. The summed E-state index contributed by atoms with van der Waals surface area (Å²) in [6, 6.07) is 14.8. The van der Waals surface area contributed by atoms with Crippen LogP contribution in [0.5, 0.6) is 0 Å². The highest BCUT2D eigenvalue weighted by Crippen LogP contribution is 2.30. The SMILES string of the molecule is C[C@]1(CCc2ccccc2)NC(=O)N(Cc2cc(=O)oc3cc4c(cc23)CCC4)C1=O. The zero-order valence-electron chi connectivity index (χ0n) is 17.4. The Balaban J connectivity index is 1.42. The second-order valence-electron chi connectivity index (χ2n) is 8.70. The van der Waals surface area contributed by atoms with E-state index in [2.05, 4.69) is 5.32 Å². The lowest BCUT2D eigenvalue weighted by Gasteiger charge is -2.22. The zero-order chi connectivity index (χ0) is 21.6. The van der Waals surface area contributed by atoms with Crippen LogP contribution in [-0.2, 0) is 30.6 Å². The van der Waals surface area contributed by atoms with Crippen LogP contribution in [0.4, 0.5) is 4.79 Å². The summed E-state index contributed by atoms with van der Waals surface area (Å²) in [4.78, 5) is 39.3. The van der Waals surface area contributed by atoms with E-state index in [1.54, 1.807) is 6.92 Å². The monoisotopic (exact) mass is 416 g/mol. The Hall–Kier alpha value is -3.41. The van der Waals surface area contributed by atoms with Crippen LogP contribution in [0.25, 0.3) is 11.0 Å². The highest BCUT2D eigenvalue weighted by Gasteiger charge is 2.47. The molecule has 3 aromatic rings. The number of nitrogens with zero attached hydrogens (tertiary/aromatic N) is 1. The summed E-state index contributed by atoms with van der Waals surface area (Å²) < 4.78 is 5.41. The van der Waals surface area contributed by atoms with Gasteiger partial charge in [0.25, 0.3) is 5.91 Å². The van der Waals surface area contributed by atoms with E-state index in [9.17, 15) is 14.4 Å². The van der Waals surface area contributed by atoms with E-state index in [0.717, 1.165) is 30.2 Å². The molecule has 31 heavy (non-hydrogen) atoms. The van der Waals surface area contributed by atoms with Crippen molar-refractivity contribution in [1.29, 1.82) is 0 Å². The van der Waals surface area contributed by atoms with Crippen molar-refractivity contribution in [3.63, 3.8) is 0 Å². The van der Waals surface area contributed by atoms with Gasteiger partial charge in [-0.2, -0.15) is 0 Å². The summed E-state index contributed by atoms with van der Waals surface area (Å²) in [6.45, 7) is 1.81. The molecule has 0 unspecified atom stereocenters. The quantitative estimate of drug-likeness (QED) is 0.508. The van der Waals surface area contributed by atoms with Crippen LogP contribution in [-0.4, -0.2) is 22.4 Å². The third-order valence-corrected chi connectivity index (χ3v) is 6.47. The van der Waals surface area contributed by atoms with Gasteiger partial charge in [-0.1, -0.05) is 30.3 Å². The van der Waals surface area contributed by atoms with Crippen molar-refractivity contribution in [2.24, 2.45) is 0 Å². The molecule has 1 aliphatic heterocycles. The fourth-order valence-electron chi connectivity index (χ4n) is 4.69. The Kier molecular flexibility index (Phi) is 4.65. The Bertz CT molecular complexity index is 1250. The minimum Gasteiger partial charge on any atom is -0.423 e. The van der Waals surface area contributed by atoms with Gasteiger partial charge in [0.2, 0.25) is 0 Å². The molecule has 2 aromatic carbocycles. The average molecular weight is 416 g/mol. The Morgan fingerprint density at radius 2 is 1.77 bits per heavy atom. The zero-order valence-corrected chi connectivity index (χ0v) is 17.4. The van der Waals surface area contributed by atoms with Gasteiger partial charge in [0.15, 0.2) is 0 Å². The molecule has 6 nitrogen and oxygen atoms in total. The molecular weight excluding hydrogens is 392 g/mol. The molecule has 1 aromatic heterocycles. The molecule has 5 rings (SSSR count). The summed E-state index contributed by atoms with van der Waals surface area (Å²) >= 11 is 0. The number of hydrogen-bond acceptors (Lipinski definition) is 4. The van der Waals surface area contributed by atoms with Crippen LogP contribution in [0.15, 0.2) is 57.7 Å². The van der Waals surface area contributed by atoms with Crippen molar-refractivity contribution in [2.75, 3.05) is 0 Å². The van der Waals surface area contributed by atoms with E-state index < -0.39 is 17.2 Å². The van der Waals surface area contributed by atoms with Crippen molar-refractivity contribution in [3.05, 3.63) is 81.2 Å². The van der Waals surface area contributed by atoms with E-state index in [4.69, 9.17) is 4.42 Å². The van der Waals surface area contributed by atoms with Crippen molar-refractivity contribution >= 4 is 22.9 Å². The number of urea groups is 1. The van der Waals surface area contributed by atoms with Crippen LogP contribution in [0.2, 0.25) is 0 Å². The third-order valence-electron chi connectivity index (χ3n) is 6.47. The number of benzene rings is 2. The first-order valence-corrected chi connectivity index (χ1v) is 10.7. The predicted octanol–water partition coefficient (Wildman–Crippen LogP) is 3.73. The third kappa shape index (κ3) is 3.52. The van der Waals surface area contributed by atoms with Gasteiger partial charge in [0.1, 0.15) is 11.1 Å². The summed E-state index contributed by atoms with van der Waals surface area (Å²) in [6.07, 6.45) is 4.24. The maximum absolute atomic E-state index is 13.2. The first kappa shape index (κ1) is 19.5. The highest BCUT2D eigenvalue weighted by molar-refractivity contribution is 6.07. The molecule has 158 valence electrons. The molecule has 0 spiro atoms. The summed E-state index contributed by atoms with van der Waals surface area (Å²) in [5.74, 6) is -0.268. The van der Waals surface area contributed by atoms with Gasteiger partial charge < -0.3 is 9.73 Å². The van der Waals surface area contributed by atoms with E-state index in [1.165, 1.54) is 22.1 Å². The van der Waals surface area contributed by atoms with Crippen LogP contribution in [0, 0.1) is 0 Å². The van der Waals surface area contributed by atoms with Crippen molar-refractivity contribution < 1.29 is 14.0 Å². The highest BCUT2D eigenvalue weighted by atomic mass is 16.4. The molecule has 1 saturated heterocycles. The maximum Gasteiger partial charge on any atom is 0.336 e. The fourth-order valence-corrected chi connectivity index (χ4v) is 4.69. The van der Waals surface area contributed by atoms with E-state index in [-0.39, 0.29) is 12.5 Å². The topological polar surface area (TPSA) is 79.6 Å². The number of rotatable bonds is 5. The normalized spacial score (nSPS) is 20.4. The van der Waals surface area contributed by atoms with Crippen LogP contribution in [0.3, 0.4) is 0 Å². The lowest BCUT2D eigenvalue weighted by molar-refractivity contribution is -0.131. The molecule has 1 aliphatic carbocycles. The van der Waals surface area contributed by atoms with Crippen molar-refractivity contribution in [2.45, 2.75) is 51.1 Å². The van der Waals surface area contributed by atoms with E-state index in [1.807, 2.05) is 42.5 Å². The van der Waals surface area contributed by atoms with Crippen LogP contribution >= 0.6 is 0 Å². The summed E-state index contributed by atoms with van der Waals surface area (Å²) in [5.41, 5.74) is 3.27. The number of aryl methyl sites for hydroxylation is 3. The molecule has 1 atom stereocenters. The molecule has 3 amide bonds. The van der Waals surface area contributed by atoms with Gasteiger partial charge in [0, 0.05) is 11.5 Å². The van der Waals surface area contributed by atoms with Gasteiger partial charge in [-0.15, -0.1) is 0 Å². The number of carbonyl (C=O) groups excluding carboxylic acids is 2. The standard InChI is InChI=1S/C25H24N2O4/c1-25(11-10-16-6-3-2-4-7-16)23(29)27(24(30)26-25)15-19-14-22(28)31-21-13-18-9-5-8-17(18)12-20(19)21/h2-4,6-7,12-14H,5,8-11,15H2,1H3,(H,26,30)/t25-/m1/s1. The lowest BCUT2D eigenvalue weighted by Crippen LogP contribution is -2.44. The number of nitrogens with one attached hydrogen (secondary N) is 1. The molecule has 1 fully saturated rings. The average Bonchev–Trinajstić information content (AvgIpc) is 3.29. The molecule has 0 saturated carbocycles. The molecular formula is C25H24N2O4. The smallest absolute Gasteiger partial charge is 0.336 e. The maximum atomic E-state index is 13.2. The summed E-state index contributed by atoms with van der Waals surface area (Å²) in [5, 5.41) is 3.65. The number of amides is 3. The van der Waals surface area contributed by atoms with E-state index >= 15 is 0 Å². The second kappa shape index (κ2) is 7.38. The molecule has 2 aliphatic rings. The van der Waals surface area contributed by atoms with Gasteiger partial charge in [-0.05, 0) is 73.4 Å². The first-order chi connectivity index (χ1) is 14.9. The van der Waals surface area contributed by atoms with E-state index in [0.29, 0.717) is 24.0 Å². The Labute approximate surface area is 179 Å². The van der Waals surface area contributed by atoms with Crippen LogP contribution in [0.1, 0.15) is 42.0 Å². The van der Waals surface area contributed by atoms with Crippen LogP contribution < -0.4 is 10.9 Å². The molecule has 0 radical (unpaired) electrons. The van der Waals surface area contributed by atoms with Gasteiger partial charge >= 0.3 is 11.7 Å². The van der Waals surface area contributed by atoms with Crippen molar-refractivity contribution in [3.8, 4) is 0 Å². The second-order valence-corrected chi connectivity index (χ2v) is 8.70. The number of imide groups is 1. The largest absolute Gasteiger partial charge is 0.423 e. The molecule has 0 bridgehead atoms.